The molecule has 0 radical (unpaired) electrons. The first-order chi connectivity index (χ1) is 9.95. The van der Waals surface area contributed by atoms with Crippen molar-refractivity contribution < 1.29 is 8.42 Å². The van der Waals surface area contributed by atoms with E-state index in [0.29, 0.717) is 27.7 Å². The highest BCUT2D eigenvalue weighted by Crippen LogP contribution is 2.36. The van der Waals surface area contributed by atoms with E-state index in [1.54, 1.807) is 10.4 Å². The van der Waals surface area contributed by atoms with Crippen molar-refractivity contribution in [3.8, 4) is 0 Å². The van der Waals surface area contributed by atoms with Crippen molar-refractivity contribution in [1.82, 2.24) is 9.62 Å². The minimum absolute atomic E-state index is 0.377. The zero-order valence-electron chi connectivity index (χ0n) is 11.9. The fourth-order valence-corrected chi connectivity index (χ4v) is 7.92. The van der Waals surface area contributed by atoms with Gasteiger partial charge >= 0.3 is 0 Å². The number of hydrogen-bond acceptors (Lipinski definition) is 4. The molecule has 0 atom stereocenters. The van der Waals surface area contributed by atoms with Gasteiger partial charge in [-0.25, -0.2) is 8.42 Å². The van der Waals surface area contributed by atoms with Crippen LogP contribution in [0.3, 0.4) is 0 Å². The van der Waals surface area contributed by atoms with Gasteiger partial charge in [0, 0.05) is 13.1 Å². The standard InChI is InChI=1S/C13H20Br2N2O2S2/c1-2-7-17(9-10-3-5-16-6-4-10)21(18,19)11-8-12(14)20-13(11)15/h8,10,16H,2-7,9H2,1H3. The van der Waals surface area contributed by atoms with Gasteiger partial charge in [-0.2, -0.15) is 4.31 Å². The molecule has 0 bridgehead atoms. The van der Waals surface area contributed by atoms with Crippen LogP contribution >= 0.6 is 43.2 Å². The molecule has 2 rings (SSSR count). The Balaban J connectivity index is 2.21. The Morgan fingerprint density at radius 1 is 1.38 bits per heavy atom. The Labute approximate surface area is 147 Å². The minimum atomic E-state index is -3.43. The van der Waals surface area contributed by atoms with Crippen molar-refractivity contribution in [2.45, 2.75) is 31.1 Å². The third-order valence-corrected chi connectivity index (χ3v) is 8.26. The second-order valence-electron chi connectivity index (χ2n) is 5.24. The van der Waals surface area contributed by atoms with E-state index in [-0.39, 0.29) is 0 Å². The van der Waals surface area contributed by atoms with Gasteiger partial charge < -0.3 is 5.32 Å². The van der Waals surface area contributed by atoms with Crippen LogP contribution in [0.15, 0.2) is 18.5 Å². The van der Waals surface area contributed by atoms with Crippen molar-refractivity contribution in [3.05, 3.63) is 13.6 Å². The van der Waals surface area contributed by atoms with E-state index in [0.717, 1.165) is 36.1 Å². The highest BCUT2D eigenvalue weighted by atomic mass is 79.9. The van der Waals surface area contributed by atoms with E-state index in [4.69, 9.17) is 0 Å². The summed E-state index contributed by atoms with van der Waals surface area (Å²) in [6, 6.07) is 1.69. The lowest BCUT2D eigenvalue weighted by Crippen LogP contribution is -2.39. The molecule has 1 fully saturated rings. The summed E-state index contributed by atoms with van der Waals surface area (Å²) in [5, 5.41) is 3.32. The predicted molar refractivity (Wildman–Crippen MR) is 94.4 cm³/mol. The molecule has 0 aromatic carbocycles. The highest BCUT2D eigenvalue weighted by Gasteiger charge is 2.30. The first-order valence-corrected chi connectivity index (χ1v) is 10.9. The first kappa shape index (κ1) is 17.9. The van der Waals surface area contributed by atoms with E-state index in [2.05, 4.69) is 37.2 Å². The largest absolute Gasteiger partial charge is 0.317 e. The van der Waals surface area contributed by atoms with Gasteiger partial charge in [0.25, 0.3) is 0 Å². The van der Waals surface area contributed by atoms with Crippen LogP contribution in [0.2, 0.25) is 0 Å². The molecule has 0 unspecified atom stereocenters. The third-order valence-electron chi connectivity index (χ3n) is 3.64. The molecule has 1 aromatic heterocycles. The average Bonchev–Trinajstić information content (AvgIpc) is 2.79. The molecule has 4 nitrogen and oxygen atoms in total. The van der Waals surface area contributed by atoms with Gasteiger partial charge in [-0.1, -0.05) is 6.92 Å². The zero-order valence-corrected chi connectivity index (χ0v) is 16.7. The molecule has 21 heavy (non-hydrogen) atoms. The smallest absolute Gasteiger partial charge is 0.245 e. The summed E-state index contributed by atoms with van der Waals surface area (Å²) in [6.45, 7) is 5.18. The number of hydrogen-bond donors (Lipinski definition) is 1. The van der Waals surface area contributed by atoms with Crippen molar-refractivity contribution in [2.24, 2.45) is 5.92 Å². The lowest BCUT2D eigenvalue weighted by molar-refractivity contribution is 0.288. The molecule has 8 heteroatoms. The van der Waals surface area contributed by atoms with E-state index < -0.39 is 10.0 Å². The third kappa shape index (κ3) is 4.51. The van der Waals surface area contributed by atoms with E-state index in [1.807, 2.05) is 6.92 Å². The number of nitrogens with one attached hydrogen (secondary N) is 1. The molecule has 1 aliphatic rings. The molecule has 2 heterocycles. The van der Waals surface area contributed by atoms with Gasteiger partial charge in [0.15, 0.2) is 0 Å². The molecular formula is C13H20Br2N2O2S2. The Morgan fingerprint density at radius 2 is 2.05 bits per heavy atom. The van der Waals surface area contributed by atoms with Crippen LogP contribution in [0.4, 0.5) is 0 Å². The Bertz CT molecular complexity index is 569. The predicted octanol–water partition coefficient (Wildman–Crippen LogP) is 3.67. The molecule has 1 N–H and O–H groups in total. The summed E-state index contributed by atoms with van der Waals surface area (Å²) in [5.74, 6) is 0.452. The summed E-state index contributed by atoms with van der Waals surface area (Å²) in [6.07, 6.45) is 2.92. The Morgan fingerprint density at radius 3 is 2.57 bits per heavy atom. The normalized spacial score (nSPS) is 17.5. The second kappa shape index (κ2) is 7.88. The number of piperidine rings is 1. The van der Waals surface area contributed by atoms with Gasteiger partial charge in [-0.15, -0.1) is 11.3 Å². The molecule has 0 amide bonds. The van der Waals surface area contributed by atoms with E-state index in [9.17, 15) is 8.42 Å². The number of rotatable bonds is 6. The van der Waals surface area contributed by atoms with Gasteiger partial charge in [0.1, 0.15) is 4.90 Å². The maximum Gasteiger partial charge on any atom is 0.245 e. The molecule has 120 valence electrons. The molecule has 1 saturated heterocycles. The maximum absolute atomic E-state index is 12.9. The lowest BCUT2D eigenvalue weighted by Gasteiger charge is -2.29. The van der Waals surface area contributed by atoms with Crippen molar-refractivity contribution in [3.63, 3.8) is 0 Å². The number of halogens is 2. The fourth-order valence-electron chi connectivity index (χ4n) is 2.55. The lowest BCUT2D eigenvalue weighted by atomic mass is 9.98. The monoisotopic (exact) mass is 458 g/mol. The van der Waals surface area contributed by atoms with Crippen LogP contribution in [-0.4, -0.2) is 38.9 Å². The van der Waals surface area contributed by atoms with Gasteiger partial charge in [-0.05, 0) is 76.2 Å². The summed E-state index contributed by atoms with van der Waals surface area (Å²) in [4.78, 5) is 0.377. The summed E-state index contributed by atoms with van der Waals surface area (Å²) < 4.78 is 28.9. The van der Waals surface area contributed by atoms with Crippen LogP contribution in [0, 0.1) is 5.92 Å². The van der Waals surface area contributed by atoms with Crippen LogP contribution < -0.4 is 5.32 Å². The molecule has 1 aliphatic heterocycles. The van der Waals surface area contributed by atoms with Crippen molar-refractivity contribution in [1.29, 1.82) is 0 Å². The highest BCUT2D eigenvalue weighted by molar-refractivity contribution is 9.12. The molecule has 0 aliphatic carbocycles. The fraction of sp³-hybridized carbons (Fsp3) is 0.692. The average molecular weight is 460 g/mol. The summed E-state index contributed by atoms with van der Waals surface area (Å²) in [5.41, 5.74) is 0. The Hall–Kier alpha value is 0.530. The molecule has 1 aromatic rings. The van der Waals surface area contributed by atoms with E-state index in [1.165, 1.54) is 11.3 Å². The number of nitrogens with zero attached hydrogens (tertiary/aromatic N) is 1. The topological polar surface area (TPSA) is 49.4 Å². The van der Waals surface area contributed by atoms with Crippen LogP contribution in [0.1, 0.15) is 26.2 Å². The molecule has 0 spiro atoms. The van der Waals surface area contributed by atoms with Crippen LogP contribution in [0.5, 0.6) is 0 Å². The quantitative estimate of drug-likeness (QED) is 0.705. The number of sulfonamides is 1. The van der Waals surface area contributed by atoms with Crippen LogP contribution in [-0.2, 0) is 10.0 Å². The number of thiophene rings is 1. The molecular weight excluding hydrogens is 440 g/mol. The second-order valence-corrected chi connectivity index (χ2v) is 10.9. The first-order valence-electron chi connectivity index (χ1n) is 7.11. The maximum atomic E-state index is 12.9. The molecule has 0 saturated carbocycles. The van der Waals surface area contributed by atoms with Crippen molar-refractivity contribution in [2.75, 3.05) is 26.2 Å². The van der Waals surface area contributed by atoms with Crippen LogP contribution in [0.25, 0.3) is 0 Å². The minimum Gasteiger partial charge on any atom is -0.317 e. The SMILES string of the molecule is CCCN(CC1CCNCC1)S(=O)(=O)c1cc(Br)sc1Br. The zero-order chi connectivity index (χ0) is 15.5. The van der Waals surface area contributed by atoms with Gasteiger partial charge in [0.05, 0.1) is 7.57 Å². The van der Waals surface area contributed by atoms with Gasteiger partial charge in [-0.3, -0.25) is 0 Å². The van der Waals surface area contributed by atoms with Gasteiger partial charge in [0.2, 0.25) is 10.0 Å². The van der Waals surface area contributed by atoms with E-state index >= 15 is 0 Å². The summed E-state index contributed by atoms with van der Waals surface area (Å²) in [7, 11) is -3.43. The van der Waals surface area contributed by atoms with Crippen molar-refractivity contribution >= 4 is 53.2 Å². The summed E-state index contributed by atoms with van der Waals surface area (Å²) >= 11 is 8.12. The Kier molecular flexibility index (Phi) is 6.71.